The van der Waals surface area contributed by atoms with Crippen LogP contribution in [0.25, 0.3) is 0 Å². The van der Waals surface area contributed by atoms with E-state index < -0.39 is 6.04 Å². The summed E-state index contributed by atoms with van der Waals surface area (Å²) in [4.78, 5) is 29.1. The van der Waals surface area contributed by atoms with Crippen molar-refractivity contribution in [3.8, 4) is 5.75 Å². The quantitative estimate of drug-likeness (QED) is 0.393. The van der Waals surface area contributed by atoms with E-state index in [1.54, 1.807) is 24.1 Å². The number of rotatable bonds is 11. The van der Waals surface area contributed by atoms with Gasteiger partial charge >= 0.3 is 0 Å². The first kappa shape index (κ1) is 26.7. The average molecular weight is 521 g/mol. The van der Waals surface area contributed by atoms with Gasteiger partial charge in [-0.15, -0.1) is 0 Å². The molecule has 6 nitrogen and oxygen atoms in total. The average Bonchev–Trinajstić information content (AvgIpc) is 3.45. The number of carbonyl (C=O) groups excluding carboxylic acids is 2. The summed E-state index contributed by atoms with van der Waals surface area (Å²) in [6, 6.07) is 23.9. The summed E-state index contributed by atoms with van der Waals surface area (Å²) in [6.07, 6.45) is 2.51. The van der Waals surface area contributed by atoms with Crippen LogP contribution >= 0.6 is 11.6 Å². The molecule has 1 saturated heterocycles. The topological polar surface area (TPSA) is 67.9 Å². The molecule has 1 N–H and O–H groups in total. The van der Waals surface area contributed by atoms with Gasteiger partial charge in [0.25, 0.3) is 0 Å². The van der Waals surface area contributed by atoms with Crippen molar-refractivity contribution in [2.75, 3.05) is 20.3 Å². The van der Waals surface area contributed by atoms with Crippen molar-refractivity contribution in [2.24, 2.45) is 0 Å². The van der Waals surface area contributed by atoms with E-state index in [0.717, 1.165) is 41.9 Å². The molecule has 37 heavy (non-hydrogen) atoms. The fourth-order valence-electron chi connectivity index (χ4n) is 4.50. The van der Waals surface area contributed by atoms with Crippen LogP contribution in [0.1, 0.15) is 29.5 Å². The van der Waals surface area contributed by atoms with Gasteiger partial charge in [0.15, 0.2) is 0 Å². The lowest BCUT2D eigenvalue weighted by Gasteiger charge is -2.32. The van der Waals surface area contributed by atoms with Crippen LogP contribution in [0.4, 0.5) is 0 Å². The zero-order valence-corrected chi connectivity index (χ0v) is 21.8. The molecule has 0 unspecified atom stereocenters. The highest BCUT2D eigenvalue weighted by Gasteiger charge is 2.31. The van der Waals surface area contributed by atoms with Crippen LogP contribution in [-0.4, -0.2) is 49.1 Å². The number of hydrogen-bond donors (Lipinski definition) is 1. The molecule has 0 bridgehead atoms. The minimum atomic E-state index is -0.689. The summed E-state index contributed by atoms with van der Waals surface area (Å²) in [6.45, 7) is 1.45. The number of ether oxygens (including phenoxy) is 2. The molecular formula is C30H33ClN2O4. The van der Waals surface area contributed by atoms with E-state index >= 15 is 0 Å². The Morgan fingerprint density at radius 1 is 1.00 bits per heavy atom. The fourth-order valence-corrected chi connectivity index (χ4v) is 4.62. The second-order valence-electron chi connectivity index (χ2n) is 9.26. The van der Waals surface area contributed by atoms with Crippen LogP contribution in [0.15, 0.2) is 78.9 Å². The van der Waals surface area contributed by atoms with Crippen molar-refractivity contribution in [3.63, 3.8) is 0 Å². The van der Waals surface area contributed by atoms with E-state index in [1.807, 2.05) is 66.7 Å². The predicted octanol–water partition coefficient (Wildman–Crippen LogP) is 4.83. The number of amides is 2. The summed E-state index contributed by atoms with van der Waals surface area (Å²) in [5.74, 6) is 0.418. The number of hydrogen-bond acceptors (Lipinski definition) is 4. The van der Waals surface area contributed by atoms with E-state index in [4.69, 9.17) is 21.1 Å². The molecule has 1 aliphatic rings. The molecule has 1 fully saturated rings. The Morgan fingerprint density at radius 3 is 2.35 bits per heavy atom. The lowest BCUT2D eigenvalue weighted by Crippen LogP contribution is -2.52. The molecule has 0 spiro atoms. The van der Waals surface area contributed by atoms with Crippen LogP contribution in [0.5, 0.6) is 5.75 Å². The van der Waals surface area contributed by atoms with Crippen LogP contribution in [0.3, 0.4) is 0 Å². The zero-order chi connectivity index (χ0) is 26.0. The number of methoxy groups -OCH3 is 1. The summed E-state index contributed by atoms with van der Waals surface area (Å²) in [5, 5.41) is 3.67. The monoisotopic (exact) mass is 520 g/mol. The Kier molecular flexibility index (Phi) is 9.58. The van der Waals surface area contributed by atoms with Crippen molar-refractivity contribution >= 4 is 23.4 Å². The van der Waals surface area contributed by atoms with Crippen LogP contribution in [0, 0.1) is 0 Å². The van der Waals surface area contributed by atoms with Gasteiger partial charge in [-0.05, 0) is 53.8 Å². The van der Waals surface area contributed by atoms with Gasteiger partial charge < -0.3 is 19.7 Å². The predicted molar refractivity (Wildman–Crippen MR) is 145 cm³/mol. The van der Waals surface area contributed by atoms with E-state index in [0.29, 0.717) is 24.5 Å². The molecule has 0 aliphatic carbocycles. The molecule has 7 heteroatoms. The Labute approximate surface area is 223 Å². The zero-order valence-electron chi connectivity index (χ0n) is 21.1. The van der Waals surface area contributed by atoms with Crippen molar-refractivity contribution in [1.82, 2.24) is 10.2 Å². The third-order valence-corrected chi connectivity index (χ3v) is 6.83. The number of nitrogens with one attached hydrogen (secondary N) is 1. The first-order valence-corrected chi connectivity index (χ1v) is 13.0. The van der Waals surface area contributed by atoms with E-state index in [1.165, 1.54) is 0 Å². The Morgan fingerprint density at radius 2 is 1.70 bits per heavy atom. The second-order valence-corrected chi connectivity index (χ2v) is 9.70. The molecule has 0 saturated carbocycles. The van der Waals surface area contributed by atoms with Gasteiger partial charge in [-0.3, -0.25) is 9.59 Å². The molecule has 1 heterocycles. The molecule has 4 rings (SSSR count). The highest BCUT2D eigenvalue weighted by molar-refractivity contribution is 6.30. The first-order chi connectivity index (χ1) is 18.0. The molecule has 3 aromatic rings. The van der Waals surface area contributed by atoms with Crippen LogP contribution in [-0.2, 0) is 33.7 Å². The highest BCUT2D eigenvalue weighted by Crippen LogP contribution is 2.20. The summed E-state index contributed by atoms with van der Waals surface area (Å²) < 4.78 is 11.0. The number of halogens is 1. The molecule has 2 amide bonds. The van der Waals surface area contributed by atoms with Crippen LogP contribution < -0.4 is 10.1 Å². The van der Waals surface area contributed by atoms with Gasteiger partial charge in [0.05, 0.1) is 19.6 Å². The van der Waals surface area contributed by atoms with Gasteiger partial charge in [0.1, 0.15) is 11.8 Å². The van der Waals surface area contributed by atoms with Crippen molar-refractivity contribution in [3.05, 3.63) is 101 Å². The van der Waals surface area contributed by atoms with Crippen LogP contribution in [0.2, 0.25) is 5.02 Å². The smallest absolute Gasteiger partial charge is 0.243 e. The summed E-state index contributed by atoms with van der Waals surface area (Å²) in [5.41, 5.74) is 2.74. The molecule has 3 aromatic carbocycles. The van der Waals surface area contributed by atoms with E-state index in [9.17, 15) is 9.59 Å². The first-order valence-electron chi connectivity index (χ1n) is 12.6. The van der Waals surface area contributed by atoms with E-state index in [2.05, 4.69) is 5.32 Å². The van der Waals surface area contributed by atoms with E-state index in [-0.39, 0.29) is 24.3 Å². The van der Waals surface area contributed by atoms with Gasteiger partial charge in [0.2, 0.25) is 11.8 Å². The molecule has 2 atom stereocenters. The van der Waals surface area contributed by atoms with Gasteiger partial charge in [-0.25, -0.2) is 0 Å². The maximum absolute atomic E-state index is 13.8. The Hall–Kier alpha value is -3.35. The number of nitrogens with zero attached hydrogens (tertiary/aromatic N) is 1. The fraction of sp³-hybridized carbons (Fsp3) is 0.333. The van der Waals surface area contributed by atoms with Gasteiger partial charge in [-0.1, -0.05) is 66.2 Å². The molecule has 194 valence electrons. The molecule has 0 radical (unpaired) electrons. The maximum atomic E-state index is 13.8. The van der Waals surface area contributed by atoms with Gasteiger partial charge in [-0.2, -0.15) is 0 Å². The Bertz CT molecular complexity index is 1150. The third kappa shape index (κ3) is 7.81. The maximum Gasteiger partial charge on any atom is 0.243 e. The molecule has 0 aromatic heterocycles. The minimum Gasteiger partial charge on any atom is -0.497 e. The third-order valence-electron chi connectivity index (χ3n) is 6.58. The lowest BCUT2D eigenvalue weighted by molar-refractivity contribution is -0.141. The number of carbonyl (C=O) groups is 2. The van der Waals surface area contributed by atoms with Gasteiger partial charge in [0, 0.05) is 31.1 Å². The lowest BCUT2D eigenvalue weighted by atomic mass is 10.0. The molecular weight excluding hydrogens is 488 g/mol. The summed E-state index contributed by atoms with van der Waals surface area (Å²) >= 11 is 6.04. The van der Waals surface area contributed by atoms with Crippen molar-refractivity contribution < 1.29 is 19.1 Å². The second kappa shape index (κ2) is 13.3. The molecule has 1 aliphatic heterocycles. The Balaban J connectivity index is 1.61. The number of benzene rings is 3. The SMILES string of the molecule is COc1ccc(CN(C(=O)Cc2ccc(Cl)cc2)[C@H](Cc2ccccc2)C(=O)NC[C@H]2CCCO2)cc1. The minimum absolute atomic E-state index is 0.0149. The highest BCUT2D eigenvalue weighted by atomic mass is 35.5. The normalized spacial score (nSPS) is 15.7. The van der Waals surface area contributed by atoms with Crippen molar-refractivity contribution in [1.29, 1.82) is 0 Å². The standard InChI is InChI=1S/C30H33ClN2O4/c1-36-26-15-11-24(12-16-26)21-33(29(34)19-23-9-13-25(31)14-10-23)28(18-22-6-3-2-4-7-22)30(35)32-20-27-8-5-17-37-27/h2-4,6-7,9-16,27-28H,5,8,17-21H2,1H3,(H,32,35)/t27-,28-/m1/s1. The largest absolute Gasteiger partial charge is 0.497 e. The summed E-state index contributed by atoms with van der Waals surface area (Å²) in [7, 11) is 1.62. The van der Waals surface area contributed by atoms with Crippen molar-refractivity contribution in [2.45, 2.75) is 44.4 Å².